The fraction of sp³-hybridized carbons (Fsp3) is 0.522. The van der Waals surface area contributed by atoms with Crippen molar-refractivity contribution in [2.45, 2.75) is 66.2 Å². The Morgan fingerprint density at radius 3 is 2.22 bits per heavy atom. The zero-order chi connectivity index (χ0) is 18.7. The summed E-state index contributed by atoms with van der Waals surface area (Å²) in [5.74, 6) is 1.69. The maximum absolute atomic E-state index is 9.36. The first kappa shape index (κ1) is 27.1. The van der Waals surface area contributed by atoms with Crippen LogP contribution in [-0.2, 0) is 6.42 Å². The van der Waals surface area contributed by atoms with E-state index in [0.717, 1.165) is 29.3 Å². The van der Waals surface area contributed by atoms with Crippen molar-refractivity contribution >= 4 is 10.9 Å². The smallest absolute Gasteiger partial charge is 0.0994 e. The molecule has 4 heteroatoms. The molecular weight excluding hydrogens is 336 g/mol. The lowest BCUT2D eigenvalue weighted by molar-refractivity contribution is 0.268. The fourth-order valence-corrected chi connectivity index (χ4v) is 3.65. The number of nitriles is 1. The molecule has 0 spiro atoms. The first-order valence-corrected chi connectivity index (χ1v) is 9.79. The molecule has 0 saturated heterocycles. The number of rotatable bonds is 3. The average molecular weight is 379 g/mol. The normalized spacial score (nSPS) is 17.6. The molecule has 0 bridgehead atoms. The molecule has 0 radical (unpaired) electrons. The van der Waals surface area contributed by atoms with Gasteiger partial charge in [-0.25, -0.2) is 0 Å². The van der Waals surface area contributed by atoms with Crippen molar-refractivity contribution < 1.29 is 13.8 Å². The van der Waals surface area contributed by atoms with E-state index in [-0.39, 0.29) is 13.8 Å². The highest BCUT2D eigenvalue weighted by Crippen LogP contribution is 2.34. The van der Waals surface area contributed by atoms with Crippen LogP contribution < -0.4 is 0 Å². The third-order valence-electron chi connectivity index (χ3n) is 5.00. The predicted octanol–water partition coefficient (Wildman–Crippen LogP) is 5.86. The third kappa shape index (κ3) is 7.58. The predicted molar refractivity (Wildman–Crippen MR) is 121 cm³/mol. The van der Waals surface area contributed by atoms with Crippen molar-refractivity contribution in [1.82, 2.24) is 4.98 Å². The number of H-pyrrole nitrogens is 1. The average Bonchev–Trinajstić information content (AvgIpc) is 3.14. The Balaban J connectivity index is -0.000000320. The van der Waals surface area contributed by atoms with Crippen LogP contribution in [0.15, 0.2) is 37.1 Å². The molecule has 0 unspecified atom stereocenters. The minimum atomic E-state index is 0. The van der Waals surface area contributed by atoms with Gasteiger partial charge in [0.1, 0.15) is 0 Å². The number of nitrogens with zero attached hydrogens (tertiary/aromatic N) is 1. The Morgan fingerprint density at radius 2 is 1.70 bits per heavy atom. The highest BCUT2D eigenvalue weighted by molar-refractivity contribution is 5.85. The van der Waals surface area contributed by atoms with Crippen LogP contribution >= 0.6 is 0 Å². The molecule has 1 fully saturated rings. The van der Waals surface area contributed by atoms with E-state index in [2.05, 4.69) is 30.6 Å². The zero-order valence-corrected chi connectivity index (χ0v) is 17.4. The molecule has 0 atom stereocenters. The van der Waals surface area contributed by atoms with E-state index in [0.29, 0.717) is 0 Å². The molecular formula is C23H42N2O2. The minimum Gasteiger partial charge on any atom is -0.412 e. The van der Waals surface area contributed by atoms with Crippen molar-refractivity contribution in [3.8, 4) is 6.07 Å². The van der Waals surface area contributed by atoms with Crippen LogP contribution in [0.5, 0.6) is 0 Å². The van der Waals surface area contributed by atoms with Crippen molar-refractivity contribution in [3.05, 3.63) is 48.2 Å². The molecule has 27 heavy (non-hydrogen) atoms. The Morgan fingerprint density at radius 1 is 1.15 bits per heavy atom. The molecule has 1 aromatic carbocycles. The van der Waals surface area contributed by atoms with Crippen LogP contribution in [0, 0.1) is 23.2 Å². The van der Waals surface area contributed by atoms with Gasteiger partial charge in [-0.1, -0.05) is 46.1 Å². The minimum absolute atomic E-state index is 0. The van der Waals surface area contributed by atoms with Crippen molar-refractivity contribution in [1.29, 1.82) is 5.26 Å². The van der Waals surface area contributed by atoms with Gasteiger partial charge in [0, 0.05) is 20.0 Å². The SMILES string of the molecule is C=CC.CC.CCC1CCC(Cc2c(C#N)ccc3[nH]ccc23)CC1.O.O.[HH].[HH]. The Kier molecular flexibility index (Phi) is 15.1. The maximum Gasteiger partial charge on any atom is 0.0994 e. The van der Waals surface area contributed by atoms with Gasteiger partial charge in [-0.05, 0) is 61.8 Å². The lowest BCUT2D eigenvalue weighted by Crippen LogP contribution is -2.16. The van der Waals surface area contributed by atoms with Gasteiger partial charge in [0.25, 0.3) is 0 Å². The standard InChI is InChI=1S/C18H22N2.C3H6.C2H6.2H2O.2H2/c1-2-13-3-5-14(6-4-13)11-17-15(12-19)7-8-18-16(17)9-10-20-18;1-3-2;1-2;;;;/h7-10,13-14,20H,2-6,11H2,1H3;3H,1H2,2H3;1-2H3;2*1H2;2*1H. The summed E-state index contributed by atoms with van der Waals surface area (Å²) in [6, 6.07) is 8.47. The Hall–Kier alpha value is -2.09. The summed E-state index contributed by atoms with van der Waals surface area (Å²) >= 11 is 0. The number of benzene rings is 1. The molecule has 5 N–H and O–H groups in total. The Bertz CT molecular complexity index is 688. The van der Waals surface area contributed by atoms with Gasteiger partial charge in [0.2, 0.25) is 0 Å². The van der Waals surface area contributed by atoms with E-state index in [1.807, 2.05) is 39.1 Å². The summed E-state index contributed by atoms with van der Waals surface area (Å²) in [4.78, 5) is 3.26. The van der Waals surface area contributed by atoms with Crippen molar-refractivity contribution in [2.75, 3.05) is 0 Å². The van der Waals surface area contributed by atoms with E-state index in [1.165, 1.54) is 43.1 Å². The quantitative estimate of drug-likeness (QED) is 0.664. The topological polar surface area (TPSA) is 103 Å². The molecule has 1 saturated carbocycles. The monoisotopic (exact) mass is 378 g/mol. The number of aromatic amines is 1. The van der Waals surface area contributed by atoms with E-state index in [1.54, 1.807) is 6.08 Å². The Labute approximate surface area is 167 Å². The van der Waals surface area contributed by atoms with Gasteiger partial charge in [0.05, 0.1) is 11.6 Å². The van der Waals surface area contributed by atoms with E-state index in [4.69, 9.17) is 0 Å². The molecule has 1 aliphatic carbocycles. The van der Waals surface area contributed by atoms with Gasteiger partial charge >= 0.3 is 0 Å². The summed E-state index contributed by atoms with van der Waals surface area (Å²) in [5, 5.41) is 10.6. The molecule has 4 nitrogen and oxygen atoms in total. The molecule has 1 aliphatic rings. The second-order valence-electron chi connectivity index (χ2n) is 6.55. The van der Waals surface area contributed by atoms with Gasteiger partial charge < -0.3 is 15.9 Å². The third-order valence-corrected chi connectivity index (χ3v) is 5.00. The molecule has 0 amide bonds. The largest absolute Gasteiger partial charge is 0.412 e. The van der Waals surface area contributed by atoms with Crippen molar-refractivity contribution in [2.24, 2.45) is 11.8 Å². The van der Waals surface area contributed by atoms with Crippen LogP contribution in [0.4, 0.5) is 0 Å². The zero-order valence-electron chi connectivity index (χ0n) is 17.4. The number of hydrogen-bond acceptors (Lipinski definition) is 1. The van der Waals surface area contributed by atoms with Gasteiger partial charge in [-0.15, -0.1) is 6.58 Å². The second kappa shape index (κ2) is 15.0. The first-order valence-electron chi connectivity index (χ1n) is 9.79. The van der Waals surface area contributed by atoms with Gasteiger partial charge in [0.15, 0.2) is 0 Å². The molecule has 3 rings (SSSR count). The number of hydrogen-bond donors (Lipinski definition) is 1. The van der Waals surface area contributed by atoms with E-state index >= 15 is 0 Å². The van der Waals surface area contributed by atoms with Crippen LogP contribution in [0.2, 0.25) is 0 Å². The summed E-state index contributed by atoms with van der Waals surface area (Å²) < 4.78 is 0. The summed E-state index contributed by atoms with van der Waals surface area (Å²) in [7, 11) is 0. The molecule has 1 aromatic heterocycles. The van der Waals surface area contributed by atoms with Crippen molar-refractivity contribution in [3.63, 3.8) is 0 Å². The molecule has 2 aromatic rings. The summed E-state index contributed by atoms with van der Waals surface area (Å²) in [6.45, 7) is 11.6. The number of aromatic nitrogens is 1. The molecule has 156 valence electrons. The fourth-order valence-electron chi connectivity index (χ4n) is 3.65. The summed E-state index contributed by atoms with van der Waals surface area (Å²) in [5.41, 5.74) is 3.27. The van der Waals surface area contributed by atoms with Gasteiger partial charge in [-0.3, -0.25) is 0 Å². The lowest BCUT2D eigenvalue weighted by atomic mass is 9.77. The first-order chi connectivity index (χ1) is 12.2. The van der Waals surface area contributed by atoms with E-state index in [9.17, 15) is 5.26 Å². The lowest BCUT2D eigenvalue weighted by Gasteiger charge is -2.28. The maximum atomic E-state index is 9.36. The van der Waals surface area contributed by atoms with E-state index < -0.39 is 0 Å². The second-order valence-corrected chi connectivity index (χ2v) is 6.55. The van der Waals surface area contributed by atoms with Crippen LogP contribution in [0.3, 0.4) is 0 Å². The summed E-state index contributed by atoms with van der Waals surface area (Å²) in [6.07, 6.45) is 11.5. The highest BCUT2D eigenvalue weighted by atomic mass is 16.0. The molecule has 1 heterocycles. The van der Waals surface area contributed by atoms with Crippen LogP contribution in [0.25, 0.3) is 10.9 Å². The number of nitrogens with one attached hydrogen (secondary N) is 1. The van der Waals surface area contributed by atoms with Crippen LogP contribution in [0.1, 0.15) is 73.8 Å². The number of allylic oxidation sites excluding steroid dienone is 1. The van der Waals surface area contributed by atoms with Crippen LogP contribution in [-0.4, -0.2) is 15.9 Å². The number of fused-ring (bicyclic) bond motifs is 1. The molecule has 0 aliphatic heterocycles. The van der Waals surface area contributed by atoms with Gasteiger partial charge in [-0.2, -0.15) is 5.26 Å². The highest BCUT2D eigenvalue weighted by Gasteiger charge is 2.22.